The minimum Gasteiger partial charge on any atom is -0.357 e. The molecule has 7 nitrogen and oxygen atoms in total. The van der Waals surface area contributed by atoms with E-state index in [0.717, 1.165) is 21.0 Å². The molecule has 2 amide bonds. The van der Waals surface area contributed by atoms with Gasteiger partial charge >= 0.3 is 0 Å². The highest BCUT2D eigenvalue weighted by Crippen LogP contribution is 2.26. The number of carbonyl (C=O) groups is 2. The number of rotatable bonds is 11. The minimum atomic E-state index is -4.16. The number of carbonyl (C=O) groups excluding carboxylic acids is 2. The van der Waals surface area contributed by atoms with Crippen LogP contribution in [0.5, 0.6) is 0 Å². The molecule has 1 N–H and O–H groups in total. The molecule has 212 valence electrons. The minimum absolute atomic E-state index is 0.00377. The lowest BCUT2D eigenvalue weighted by Crippen LogP contribution is -2.53. The number of aryl methyl sites for hydroxylation is 1. The maximum Gasteiger partial charge on any atom is 0.264 e. The molecule has 4 aromatic carbocycles. The SMILES string of the molecule is CNC(=O)[C@@H](Cc1ccccc1)N(Cc1cccc(C)c1)C(=O)CN(c1ccccc1)S(=O)(=O)c1ccc(Cl)cc1. The Bertz CT molecular complexity index is 1580. The number of nitrogens with zero attached hydrogens (tertiary/aromatic N) is 2. The molecule has 0 saturated heterocycles. The molecule has 0 bridgehead atoms. The molecule has 4 rings (SSSR count). The average Bonchev–Trinajstić information content (AvgIpc) is 2.98. The van der Waals surface area contributed by atoms with E-state index in [4.69, 9.17) is 11.6 Å². The molecule has 9 heteroatoms. The third-order valence-corrected chi connectivity index (χ3v) is 8.72. The van der Waals surface area contributed by atoms with Crippen LogP contribution in [0, 0.1) is 6.92 Å². The zero-order chi connectivity index (χ0) is 29.4. The summed E-state index contributed by atoms with van der Waals surface area (Å²) in [6.45, 7) is 1.56. The van der Waals surface area contributed by atoms with Gasteiger partial charge in [-0.15, -0.1) is 0 Å². The van der Waals surface area contributed by atoms with Gasteiger partial charge in [-0.1, -0.05) is 90.0 Å². The van der Waals surface area contributed by atoms with Crippen LogP contribution >= 0.6 is 11.6 Å². The van der Waals surface area contributed by atoms with E-state index in [0.29, 0.717) is 10.7 Å². The predicted molar refractivity (Wildman–Crippen MR) is 162 cm³/mol. The van der Waals surface area contributed by atoms with E-state index in [1.54, 1.807) is 30.3 Å². The summed E-state index contributed by atoms with van der Waals surface area (Å²) in [6.07, 6.45) is 0.257. The predicted octanol–water partition coefficient (Wildman–Crippen LogP) is 5.23. The number of para-hydroxylation sites is 1. The summed E-state index contributed by atoms with van der Waals surface area (Å²) in [4.78, 5) is 29.0. The lowest BCUT2D eigenvalue weighted by Gasteiger charge is -2.33. The van der Waals surface area contributed by atoms with Crippen molar-refractivity contribution in [3.8, 4) is 0 Å². The molecule has 0 saturated carbocycles. The number of benzene rings is 4. The van der Waals surface area contributed by atoms with Gasteiger partial charge in [0.15, 0.2) is 0 Å². The number of hydrogen-bond acceptors (Lipinski definition) is 4. The Balaban J connectivity index is 1.77. The molecule has 1 atom stereocenters. The number of likely N-dealkylation sites (N-methyl/N-ethyl adjacent to an activating group) is 1. The average molecular weight is 590 g/mol. The first-order chi connectivity index (χ1) is 19.7. The van der Waals surface area contributed by atoms with Gasteiger partial charge in [0, 0.05) is 25.0 Å². The fourth-order valence-corrected chi connectivity index (χ4v) is 6.12. The van der Waals surface area contributed by atoms with Gasteiger partial charge in [-0.2, -0.15) is 0 Å². The normalized spacial score (nSPS) is 11.9. The van der Waals surface area contributed by atoms with Gasteiger partial charge < -0.3 is 10.2 Å². The Labute approximate surface area is 246 Å². The first-order valence-electron chi connectivity index (χ1n) is 13.1. The summed E-state index contributed by atoms with van der Waals surface area (Å²) in [7, 11) is -2.64. The van der Waals surface area contributed by atoms with Crippen LogP contribution in [0.25, 0.3) is 0 Å². The third-order valence-electron chi connectivity index (χ3n) is 6.68. The van der Waals surface area contributed by atoms with Crippen molar-refractivity contribution in [2.45, 2.75) is 30.8 Å². The standard InChI is InChI=1S/C32H32ClN3O4S/c1-24-10-9-13-26(20-24)22-35(30(32(38)34-2)21-25-11-5-3-6-12-25)31(37)23-36(28-14-7-4-8-15-28)41(39,40)29-18-16-27(33)17-19-29/h3-20,30H,21-23H2,1-2H3,(H,34,38)/t30-/m1/s1. The number of nitrogens with one attached hydrogen (secondary N) is 1. The fourth-order valence-electron chi connectivity index (χ4n) is 4.58. The Morgan fingerprint density at radius 1 is 0.829 bits per heavy atom. The number of halogens is 1. The first kappa shape index (κ1) is 29.8. The topological polar surface area (TPSA) is 86.8 Å². The van der Waals surface area contributed by atoms with Gasteiger partial charge in [-0.3, -0.25) is 13.9 Å². The molecule has 0 fully saturated rings. The van der Waals surface area contributed by atoms with E-state index in [1.807, 2.05) is 61.5 Å². The molecular formula is C32H32ClN3O4S. The summed E-state index contributed by atoms with van der Waals surface area (Å²) >= 11 is 6.01. The summed E-state index contributed by atoms with van der Waals surface area (Å²) in [5.41, 5.74) is 3.03. The van der Waals surface area contributed by atoms with Gasteiger partial charge in [0.1, 0.15) is 12.6 Å². The quantitative estimate of drug-likeness (QED) is 0.260. The Hall–Kier alpha value is -4.14. The second-order valence-corrected chi connectivity index (χ2v) is 11.9. The van der Waals surface area contributed by atoms with Crippen molar-refractivity contribution in [1.82, 2.24) is 10.2 Å². The van der Waals surface area contributed by atoms with Crippen molar-refractivity contribution < 1.29 is 18.0 Å². The van der Waals surface area contributed by atoms with Crippen molar-refractivity contribution >= 4 is 39.1 Å². The molecule has 0 aliphatic rings. The lowest BCUT2D eigenvalue weighted by atomic mass is 10.0. The monoisotopic (exact) mass is 589 g/mol. The number of sulfonamides is 1. The van der Waals surface area contributed by atoms with Crippen molar-refractivity contribution in [3.63, 3.8) is 0 Å². The molecular weight excluding hydrogens is 558 g/mol. The zero-order valence-corrected chi connectivity index (χ0v) is 24.5. The maximum absolute atomic E-state index is 14.2. The van der Waals surface area contributed by atoms with E-state index in [-0.39, 0.29) is 23.8 Å². The van der Waals surface area contributed by atoms with Gasteiger partial charge in [0.25, 0.3) is 10.0 Å². The summed E-state index contributed by atoms with van der Waals surface area (Å²) in [5.74, 6) is -0.862. The largest absolute Gasteiger partial charge is 0.357 e. The fraction of sp³-hybridized carbons (Fsp3) is 0.188. The van der Waals surface area contributed by atoms with Crippen molar-refractivity contribution in [2.24, 2.45) is 0 Å². The highest BCUT2D eigenvalue weighted by Gasteiger charge is 2.34. The van der Waals surface area contributed by atoms with Gasteiger partial charge in [0.05, 0.1) is 10.6 Å². The Morgan fingerprint density at radius 3 is 2.05 bits per heavy atom. The number of hydrogen-bond donors (Lipinski definition) is 1. The van der Waals surface area contributed by atoms with Crippen LogP contribution in [-0.4, -0.2) is 44.8 Å². The number of amides is 2. The van der Waals surface area contributed by atoms with E-state index >= 15 is 0 Å². The molecule has 4 aromatic rings. The molecule has 0 aliphatic heterocycles. The molecule has 0 aromatic heterocycles. The molecule has 0 heterocycles. The third kappa shape index (κ3) is 7.54. The van der Waals surface area contributed by atoms with E-state index in [9.17, 15) is 18.0 Å². The molecule has 0 unspecified atom stereocenters. The highest BCUT2D eigenvalue weighted by molar-refractivity contribution is 7.92. The lowest BCUT2D eigenvalue weighted by molar-refractivity contribution is -0.139. The van der Waals surface area contributed by atoms with Gasteiger partial charge in [0.2, 0.25) is 11.8 Å². The zero-order valence-electron chi connectivity index (χ0n) is 22.9. The second kappa shape index (κ2) is 13.5. The summed E-state index contributed by atoms with van der Waals surface area (Å²) < 4.78 is 28.9. The Morgan fingerprint density at radius 2 is 1.44 bits per heavy atom. The van der Waals surface area contributed by atoms with E-state index in [2.05, 4.69) is 5.32 Å². The molecule has 0 radical (unpaired) electrons. The van der Waals surface area contributed by atoms with Crippen molar-refractivity contribution in [1.29, 1.82) is 0 Å². The smallest absolute Gasteiger partial charge is 0.264 e. The summed E-state index contributed by atoms with van der Waals surface area (Å²) in [6, 6.07) is 30.4. The maximum atomic E-state index is 14.2. The van der Waals surface area contributed by atoms with Crippen LogP contribution in [0.1, 0.15) is 16.7 Å². The Kier molecular flexibility index (Phi) is 9.81. The van der Waals surface area contributed by atoms with Gasteiger partial charge in [-0.05, 0) is 54.4 Å². The van der Waals surface area contributed by atoms with Crippen LogP contribution < -0.4 is 9.62 Å². The van der Waals surface area contributed by atoms with Crippen LogP contribution in [-0.2, 0) is 32.6 Å². The highest BCUT2D eigenvalue weighted by atomic mass is 35.5. The van der Waals surface area contributed by atoms with Crippen LogP contribution in [0.2, 0.25) is 5.02 Å². The summed E-state index contributed by atoms with van der Waals surface area (Å²) in [5, 5.41) is 3.08. The molecule has 0 aliphatic carbocycles. The second-order valence-electron chi connectivity index (χ2n) is 9.63. The number of anilines is 1. The van der Waals surface area contributed by atoms with Crippen LogP contribution in [0.3, 0.4) is 0 Å². The van der Waals surface area contributed by atoms with Crippen molar-refractivity contribution in [3.05, 3.63) is 131 Å². The van der Waals surface area contributed by atoms with Gasteiger partial charge in [-0.25, -0.2) is 8.42 Å². The molecule has 0 spiro atoms. The first-order valence-corrected chi connectivity index (χ1v) is 14.9. The van der Waals surface area contributed by atoms with Crippen molar-refractivity contribution in [2.75, 3.05) is 17.9 Å². The molecule has 41 heavy (non-hydrogen) atoms. The van der Waals surface area contributed by atoms with Crippen LogP contribution in [0.4, 0.5) is 5.69 Å². The van der Waals surface area contributed by atoms with Crippen LogP contribution in [0.15, 0.2) is 114 Å². The van der Waals surface area contributed by atoms with E-state index in [1.165, 1.54) is 36.2 Å². The van der Waals surface area contributed by atoms with E-state index < -0.39 is 28.5 Å².